The molecule has 1 N–H and O–H groups in total. The number of para-hydroxylation sites is 1. The van der Waals surface area contributed by atoms with Crippen molar-refractivity contribution in [2.24, 2.45) is 0 Å². The van der Waals surface area contributed by atoms with E-state index >= 15 is 0 Å². The molecule has 0 saturated carbocycles. The number of benzene rings is 2. The Morgan fingerprint density at radius 2 is 1.72 bits per heavy atom. The molecule has 0 aliphatic carbocycles. The monoisotopic (exact) mass is 393 g/mol. The largest absolute Gasteiger partial charge is 0.483 e. The van der Waals surface area contributed by atoms with Gasteiger partial charge in [-0.1, -0.05) is 42.5 Å². The van der Waals surface area contributed by atoms with Crippen LogP contribution in [0.2, 0.25) is 0 Å². The fourth-order valence-electron chi connectivity index (χ4n) is 4.19. The number of likely N-dealkylation sites (tertiary alicyclic amines) is 1. The van der Waals surface area contributed by atoms with Gasteiger partial charge in [-0.3, -0.25) is 9.69 Å². The Balaban J connectivity index is 1.21. The third-order valence-electron chi connectivity index (χ3n) is 5.91. The number of fused-ring (bicyclic) bond motifs is 1. The van der Waals surface area contributed by atoms with E-state index in [0.717, 1.165) is 76.4 Å². The van der Waals surface area contributed by atoms with Crippen LogP contribution in [0.5, 0.6) is 5.75 Å². The molecule has 5 nitrogen and oxygen atoms in total. The molecule has 2 aromatic carbocycles. The second-order valence-electron chi connectivity index (χ2n) is 7.96. The van der Waals surface area contributed by atoms with E-state index in [2.05, 4.69) is 40.5 Å². The minimum atomic E-state index is 0.0932. The highest BCUT2D eigenvalue weighted by Crippen LogP contribution is 2.19. The average molecular weight is 394 g/mol. The van der Waals surface area contributed by atoms with Crippen molar-refractivity contribution in [1.29, 1.82) is 0 Å². The molecule has 2 aromatic rings. The molecule has 4 rings (SSSR count). The zero-order valence-electron chi connectivity index (χ0n) is 17.1. The van der Waals surface area contributed by atoms with Gasteiger partial charge in [-0.15, -0.1) is 0 Å². The molecular weight excluding hydrogens is 362 g/mol. The number of rotatable bonds is 8. The molecule has 1 amide bonds. The smallest absolute Gasteiger partial charge is 0.260 e. The number of hydrogen-bond donors (Lipinski definition) is 1. The van der Waals surface area contributed by atoms with Gasteiger partial charge in [0.2, 0.25) is 0 Å². The Labute approximate surface area is 173 Å². The summed E-state index contributed by atoms with van der Waals surface area (Å²) in [7, 11) is 0. The first-order valence-electron chi connectivity index (χ1n) is 10.8. The summed E-state index contributed by atoms with van der Waals surface area (Å²) in [6.07, 6.45) is 3.35. The number of nitrogens with zero attached hydrogens (tertiary/aromatic N) is 2. The number of ether oxygens (including phenoxy) is 1. The SMILES string of the molecule is O=C(COc1ccccc1CNCCN1CCc2ccccc2C1)N1CCCC1. The lowest BCUT2D eigenvalue weighted by Gasteiger charge is -2.28. The van der Waals surface area contributed by atoms with Crippen molar-refractivity contribution >= 4 is 5.91 Å². The maximum atomic E-state index is 12.2. The van der Waals surface area contributed by atoms with Crippen LogP contribution in [0.15, 0.2) is 48.5 Å². The highest BCUT2D eigenvalue weighted by molar-refractivity contribution is 5.78. The number of nitrogens with one attached hydrogen (secondary N) is 1. The van der Waals surface area contributed by atoms with Crippen LogP contribution < -0.4 is 10.1 Å². The van der Waals surface area contributed by atoms with Crippen molar-refractivity contribution in [3.8, 4) is 5.75 Å². The lowest BCUT2D eigenvalue weighted by atomic mass is 10.00. The van der Waals surface area contributed by atoms with Crippen LogP contribution in [0.4, 0.5) is 0 Å². The van der Waals surface area contributed by atoms with Crippen LogP contribution >= 0.6 is 0 Å². The van der Waals surface area contributed by atoms with E-state index in [1.807, 2.05) is 23.1 Å². The zero-order chi connectivity index (χ0) is 19.9. The molecule has 1 saturated heterocycles. The predicted octanol–water partition coefficient (Wildman–Crippen LogP) is 2.84. The van der Waals surface area contributed by atoms with E-state index in [1.165, 1.54) is 11.1 Å². The van der Waals surface area contributed by atoms with Gasteiger partial charge in [-0.05, 0) is 36.5 Å². The van der Waals surface area contributed by atoms with Gasteiger partial charge < -0.3 is 15.0 Å². The highest BCUT2D eigenvalue weighted by Gasteiger charge is 2.18. The molecule has 29 heavy (non-hydrogen) atoms. The second-order valence-corrected chi connectivity index (χ2v) is 7.96. The van der Waals surface area contributed by atoms with Gasteiger partial charge in [-0.2, -0.15) is 0 Å². The van der Waals surface area contributed by atoms with E-state index in [-0.39, 0.29) is 12.5 Å². The van der Waals surface area contributed by atoms with Gasteiger partial charge in [0, 0.05) is 51.4 Å². The number of amides is 1. The van der Waals surface area contributed by atoms with Gasteiger partial charge in [0.1, 0.15) is 5.75 Å². The van der Waals surface area contributed by atoms with Gasteiger partial charge in [0.05, 0.1) is 0 Å². The highest BCUT2D eigenvalue weighted by atomic mass is 16.5. The molecular formula is C24H31N3O2. The fraction of sp³-hybridized carbons (Fsp3) is 0.458. The van der Waals surface area contributed by atoms with Crippen LogP contribution in [-0.2, 0) is 24.3 Å². The summed E-state index contributed by atoms with van der Waals surface area (Å²) in [5.74, 6) is 0.898. The molecule has 0 unspecified atom stereocenters. The van der Waals surface area contributed by atoms with Crippen molar-refractivity contribution in [3.63, 3.8) is 0 Å². The Bertz CT molecular complexity index is 817. The third-order valence-corrected chi connectivity index (χ3v) is 5.91. The summed E-state index contributed by atoms with van der Waals surface area (Å²) in [5, 5.41) is 3.54. The Hall–Kier alpha value is -2.37. The Morgan fingerprint density at radius 3 is 2.59 bits per heavy atom. The molecule has 154 valence electrons. The topological polar surface area (TPSA) is 44.8 Å². The van der Waals surface area contributed by atoms with Gasteiger partial charge in [-0.25, -0.2) is 0 Å². The molecule has 0 atom stereocenters. The summed E-state index contributed by atoms with van der Waals surface area (Å²) in [6, 6.07) is 16.8. The van der Waals surface area contributed by atoms with E-state index in [4.69, 9.17) is 4.74 Å². The summed E-state index contributed by atoms with van der Waals surface area (Å²) in [4.78, 5) is 16.6. The third kappa shape index (κ3) is 5.37. The number of hydrogen-bond acceptors (Lipinski definition) is 4. The van der Waals surface area contributed by atoms with E-state index in [0.29, 0.717) is 0 Å². The van der Waals surface area contributed by atoms with Crippen LogP contribution in [0.1, 0.15) is 29.5 Å². The minimum Gasteiger partial charge on any atom is -0.483 e. The van der Waals surface area contributed by atoms with Crippen molar-refractivity contribution in [2.45, 2.75) is 32.4 Å². The molecule has 0 spiro atoms. The standard InChI is InChI=1S/C24H31N3O2/c28-24(27-13-5-6-14-27)19-29-23-10-4-3-8-21(23)17-25-12-16-26-15-11-20-7-1-2-9-22(20)18-26/h1-4,7-10,25H,5-6,11-19H2. The van der Waals surface area contributed by atoms with Crippen LogP contribution in [0.3, 0.4) is 0 Å². The summed E-state index contributed by atoms with van der Waals surface area (Å²) in [5.41, 5.74) is 4.05. The zero-order valence-corrected chi connectivity index (χ0v) is 17.1. The van der Waals surface area contributed by atoms with Crippen LogP contribution in [0.25, 0.3) is 0 Å². The van der Waals surface area contributed by atoms with Crippen molar-refractivity contribution < 1.29 is 9.53 Å². The molecule has 2 aliphatic rings. The summed E-state index contributed by atoms with van der Waals surface area (Å²) >= 11 is 0. The van der Waals surface area contributed by atoms with Crippen LogP contribution in [0, 0.1) is 0 Å². The average Bonchev–Trinajstić information content (AvgIpc) is 3.31. The number of carbonyl (C=O) groups is 1. The first-order chi connectivity index (χ1) is 14.3. The van der Waals surface area contributed by atoms with Crippen molar-refractivity contribution in [1.82, 2.24) is 15.1 Å². The second kappa shape index (κ2) is 9.90. The molecule has 0 radical (unpaired) electrons. The first kappa shape index (κ1) is 19.9. The van der Waals surface area contributed by atoms with Gasteiger partial charge in [0.15, 0.2) is 6.61 Å². The summed E-state index contributed by atoms with van der Waals surface area (Å²) in [6.45, 7) is 6.74. The molecule has 0 aromatic heterocycles. The maximum absolute atomic E-state index is 12.2. The number of carbonyl (C=O) groups excluding carboxylic acids is 1. The quantitative estimate of drug-likeness (QED) is 0.701. The first-order valence-corrected chi connectivity index (χ1v) is 10.8. The van der Waals surface area contributed by atoms with E-state index < -0.39 is 0 Å². The normalized spacial score (nSPS) is 16.6. The van der Waals surface area contributed by atoms with Gasteiger partial charge >= 0.3 is 0 Å². The minimum absolute atomic E-state index is 0.0932. The summed E-state index contributed by atoms with van der Waals surface area (Å²) < 4.78 is 5.86. The lowest BCUT2D eigenvalue weighted by Crippen LogP contribution is -2.36. The van der Waals surface area contributed by atoms with E-state index in [1.54, 1.807) is 0 Å². The molecule has 0 bridgehead atoms. The Kier molecular flexibility index (Phi) is 6.80. The van der Waals surface area contributed by atoms with Crippen LogP contribution in [-0.4, -0.2) is 55.0 Å². The maximum Gasteiger partial charge on any atom is 0.260 e. The van der Waals surface area contributed by atoms with Gasteiger partial charge in [0.25, 0.3) is 5.91 Å². The van der Waals surface area contributed by atoms with Crippen molar-refractivity contribution in [3.05, 3.63) is 65.2 Å². The Morgan fingerprint density at radius 1 is 0.966 bits per heavy atom. The molecule has 2 heterocycles. The lowest BCUT2D eigenvalue weighted by molar-refractivity contribution is -0.132. The predicted molar refractivity (Wildman–Crippen MR) is 115 cm³/mol. The fourth-order valence-corrected chi connectivity index (χ4v) is 4.19. The van der Waals surface area contributed by atoms with E-state index in [9.17, 15) is 4.79 Å². The molecule has 5 heteroatoms. The molecule has 2 aliphatic heterocycles. The molecule has 1 fully saturated rings. The van der Waals surface area contributed by atoms with Crippen molar-refractivity contribution in [2.75, 3.05) is 39.3 Å².